The molecule has 1 heterocycles. The Kier molecular flexibility index (Phi) is 7.48. The summed E-state index contributed by atoms with van der Waals surface area (Å²) in [7, 11) is -3.54. The Morgan fingerprint density at radius 1 is 1.25 bits per heavy atom. The number of pyridine rings is 1. The van der Waals surface area contributed by atoms with Gasteiger partial charge in [0.1, 0.15) is 4.90 Å². The van der Waals surface area contributed by atoms with Gasteiger partial charge in [0.15, 0.2) is 0 Å². The predicted molar refractivity (Wildman–Crippen MR) is 82.4 cm³/mol. The van der Waals surface area contributed by atoms with E-state index in [0.29, 0.717) is 6.54 Å². The van der Waals surface area contributed by atoms with E-state index >= 15 is 0 Å². The molecule has 0 aliphatic rings. The molecule has 0 amide bonds. The smallest absolute Gasteiger partial charge is 0.243 e. The van der Waals surface area contributed by atoms with E-state index in [1.54, 1.807) is 0 Å². The SMILES string of the molecule is CC(C)CCCCCCNS(=O)(=O)c1cnccc1Cl. The van der Waals surface area contributed by atoms with Crippen LogP contribution in [0.1, 0.15) is 46.0 Å². The van der Waals surface area contributed by atoms with E-state index in [4.69, 9.17) is 11.6 Å². The number of halogens is 1. The molecule has 0 fully saturated rings. The van der Waals surface area contributed by atoms with Gasteiger partial charge in [-0.05, 0) is 18.4 Å². The van der Waals surface area contributed by atoms with Crippen LogP contribution in [0.15, 0.2) is 23.4 Å². The van der Waals surface area contributed by atoms with E-state index in [-0.39, 0.29) is 9.92 Å². The van der Waals surface area contributed by atoms with E-state index in [9.17, 15) is 8.42 Å². The molecule has 1 aromatic heterocycles. The zero-order chi connectivity index (χ0) is 15.0. The number of sulfonamides is 1. The molecule has 20 heavy (non-hydrogen) atoms. The first-order valence-electron chi connectivity index (χ1n) is 7.02. The summed E-state index contributed by atoms with van der Waals surface area (Å²) in [4.78, 5) is 3.84. The maximum Gasteiger partial charge on any atom is 0.243 e. The van der Waals surface area contributed by atoms with Gasteiger partial charge in [0, 0.05) is 18.9 Å². The van der Waals surface area contributed by atoms with Crippen molar-refractivity contribution in [3.63, 3.8) is 0 Å². The highest BCUT2D eigenvalue weighted by atomic mass is 35.5. The molecule has 4 nitrogen and oxygen atoms in total. The van der Waals surface area contributed by atoms with Crippen molar-refractivity contribution in [2.24, 2.45) is 5.92 Å². The molecule has 0 aliphatic heterocycles. The van der Waals surface area contributed by atoms with Gasteiger partial charge in [0.05, 0.1) is 5.02 Å². The maximum atomic E-state index is 12.0. The molecule has 114 valence electrons. The molecule has 0 unspecified atom stereocenters. The first kappa shape index (κ1) is 17.4. The van der Waals surface area contributed by atoms with Crippen molar-refractivity contribution in [1.29, 1.82) is 0 Å². The van der Waals surface area contributed by atoms with Gasteiger partial charge < -0.3 is 0 Å². The van der Waals surface area contributed by atoms with E-state index in [0.717, 1.165) is 25.2 Å². The fourth-order valence-corrected chi connectivity index (χ4v) is 3.38. The largest absolute Gasteiger partial charge is 0.263 e. The average molecular weight is 319 g/mol. The van der Waals surface area contributed by atoms with Crippen LogP contribution >= 0.6 is 11.6 Å². The summed E-state index contributed by atoms with van der Waals surface area (Å²) < 4.78 is 26.6. The normalized spacial score (nSPS) is 12.0. The molecule has 6 heteroatoms. The minimum atomic E-state index is -3.54. The molecule has 0 radical (unpaired) electrons. The van der Waals surface area contributed by atoms with Crippen LogP contribution in [0, 0.1) is 5.92 Å². The van der Waals surface area contributed by atoms with Crippen LogP contribution in [0.3, 0.4) is 0 Å². The van der Waals surface area contributed by atoms with Crippen LogP contribution in [0.5, 0.6) is 0 Å². The van der Waals surface area contributed by atoms with E-state index < -0.39 is 10.0 Å². The predicted octanol–water partition coefficient (Wildman–Crippen LogP) is 3.62. The monoisotopic (exact) mass is 318 g/mol. The minimum absolute atomic E-state index is 0.0430. The number of hydrogen-bond acceptors (Lipinski definition) is 3. The third-order valence-electron chi connectivity index (χ3n) is 3.02. The fourth-order valence-electron chi connectivity index (χ4n) is 1.88. The Balaban J connectivity index is 2.29. The zero-order valence-corrected chi connectivity index (χ0v) is 13.7. The van der Waals surface area contributed by atoms with Crippen LogP contribution in [0.25, 0.3) is 0 Å². The van der Waals surface area contributed by atoms with Gasteiger partial charge in [0.2, 0.25) is 10.0 Å². The van der Waals surface area contributed by atoms with Crippen LogP contribution in [0.4, 0.5) is 0 Å². The van der Waals surface area contributed by atoms with Crippen molar-refractivity contribution >= 4 is 21.6 Å². The van der Waals surface area contributed by atoms with Gasteiger partial charge in [-0.25, -0.2) is 13.1 Å². The highest BCUT2D eigenvalue weighted by Crippen LogP contribution is 2.18. The third-order valence-corrected chi connectivity index (χ3v) is 4.95. The van der Waals surface area contributed by atoms with Gasteiger partial charge in [-0.3, -0.25) is 4.98 Å². The summed E-state index contributed by atoms with van der Waals surface area (Å²) in [6, 6.07) is 1.47. The van der Waals surface area contributed by atoms with Crippen LogP contribution in [0.2, 0.25) is 5.02 Å². The quantitative estimate of drug-likeness (QED) is 0.707. The van der Waals surface area contributed by atoms with Gasteiger partial charge in [-0.2, -0.15) is 0 Å². The number of unbranched alkanes of at least 4 members (excludes halogenated alkanes) is 3. The minimum Gasteiger partial charge on any atom is -0.263 e. The number of hydrogen-bond donors (Lipinski definition) is 1. The number of aromatic nitrogens is 1. The molecule has 1 aromatic rings. The summed E-state index contributed by atoms with van der Waals surface area (Å²) in [5, 5.41) is 0.199. The second-order valence-electron chi connectivity index (χ2n) is 5.30. The fraction of sp³-hybridized carbons (Fsp3) is 0.643. The van der Waals surface area contributed by atoms with E-state index in [1.807, 2.05) is 0 Å². The van der Waals surface area contributed by atoms with Gasteiger partial charge in [0.25, 0.3) is 0 Å². The summed E-state index contributed by atoms with van der Waals surface area (Å²) in [6.45, 7) is 4.87. The van der Waals surface area contributed by atoms with Crippen molar-refractivity contribution in [2.75, 3.05) is 6.54 Å². The number of nitrogens with one attached hydrogen (secondary N) is 1. The molecule has 1 N–H and O–H groups in total. The molecule has 0 spiro atoms. The van der Waals surface area contributed by atoms with Crippen molar-refractivity contribution < 1.29 is 8.42 Å². The Morgan fingerprint density at radius 3 is 2.60 bits per heavy atom. The van der Waals surface area contributed by atoms with Crippen molar-refractivity contribution in [2.45, 2.75) is 50.8 Å². The zero-order valence-electron chi connectivity index (χ0n) is 12.1. The highest BCUT2D eigenvalue weighted by molar-refractivity contribution is 7.89. The molecular formula is C14H23ClN2O2S. The van der Waals surface area contributed by atoms with Gasteiger partial charge in [-0.1, -0.05) is 51.1 Å². The standard InChI is InChI=1S/C14H23ClN2O2S/c1-12(2)7-5-3-4-6-9-17-20(18,19)14-11-16-10-8-13(14)15/h8,10-12,17H,3-7,9H2,1-2H3. The third kappa shape index (κ3) is 6.20. The lowest BCUT2D eigenvalue weighted by atomic mass is 10.0. The molecule has 0 atom stereocenters. The molecule has 0 bridgehead atoms. The summed E-state index contributed by atoms with van der Waals surface area (Å²) in [5.41, 5.74) is 0. The maximum absolute atomic E-state index is 12.0. The van der Waals surface area contributed by atoms with Crippen molar-refractivity contribution in [3.05, 3.63) is 23.5 Å². The number of rotatable bonds is 9. The Labute approximate surface area is 127 Å². The van der Waals surface area contributed by atoms with E-state index in [1.165, 1.54) is 31.3 Å². The lowest BCUT2D eigenvalue weighted by Crippen LogP contribution is -2.25. The molecule has 0 aromatic carbocycles. The second kappa shape index (κ2) is 8.60. The summed E-state index contributed by atoms with van der Waals surface area (Å²) in [6.07, 6.45) is 8.21. The Morgan fingerprint density at radius 2 is 1.95 bits per heavy atom. The van der Waals surface area contributed by atoms with Crippen LogP contribution < -0.4 is 4.72 Å². The first-order valence-corrected chi connectivity index (χ1v) is 8.89. The molecule has 0 saturated heterocycles. The highest BCUT2D eigenvalue weighted by Gasteiger charge is 2.16. The average Bonchev–Trinajstić information content (AvgIpc) is 2.37. The second-order valence-corrected chi connectivity index (χ2v) is 7.44. The molecule has 0 saturated carbocycles. The van der Waals surface area contributed by atoms with Crippen molar-refractivity contribution in [3.8, 4) is 0 Å². The van der Waals surface area contributed by atoms with E-state index in [2.05, 4.69) is 23.6 Å². The number of nitrogens with zero attached hydrogens (tertiary/aromatic N) is 1. The Hall–Kier alpha value is -0.650. The summed E-state index contributed by atoms with van der Waals surface area (Å²) in [5.74, 6) is 0.737. The lowest BCUT2D eigenvalue weighted by Gasteiger charge is -2.08. The van der Waals surface area contributed by atoms with Gasteiger partial charge in [-0.15, -0.1) is 0 Å². The molecular weight excluding hydrogens is 296 g/mol. The Bertz CT molecular complexity index is 504. The van der Waals surface area contributed by atoms with Gasteiger partial charge >= 0.3 is 0 Å². The lowest BCUT2D eigenvalue weighted by molar-refractivity contribution is 0.517. The van der Waals surface area contributed by atoms with Crippen molar-refractivity contribution in [1.82, 2.24) is 9.71 Å². The molecule has 0 aliphatic carbocycles. The van der Waals surface area contributed by atoms with Crippen LogP contribution in [-0.2, 0) is 10.0 Å². The van der Waals surface area contributed by atoms with Crippen LogP contribution in [-0.4, -0.2) is 19.9 Å². The summed E-state index contributed by atoms with van der Waals surface area (Å²) >= 11 is 5.86. The topological polar surface area (TPSA) is 59.1 Å². The first-order chi connectivity index (χ1) is 9.43. The molecule has 1 rings (SSSR count).